The molecule has 4 nitrogen and oxygen atoms in total. The van der Waals surface area contributed by atoms with Crippen LogP contribution in [0, 0.1) is 0 Å². The Labute approximate surface area is 332 Å². The molecule has 0 spiro atoms. The number of hydrogen-bond donors (Lipinski definition) is 0. The van der Waals surface area contributed by atoms with Crippen molar-refractivity contribution in [2.75, 3.05) is 0 Å². The summed E-state index contributed by atoms with van der Waals surface area (Å²) in [5.41, 5.74) is 14.7. The molecule has 0 unspecified atom stereocenters. The van der Waals surface area contributed by atoms with E-state index in [4.69, 9.17) is 4.42 Å². The van der Waals surface area contributed by atoms with Crippen LogP contribution in [0.2, 0.25) is 0 Å². The Hall–Kier alpha value is -7.82. The van der Waals surface area contributed by atoms with E-state index < -0.39 is 0 Å². The zero-order valence-corrected chi connectivity index (χ0v) is 31.3. The molecule has 4 heterocycles. The van der Waals surface area contributed by atoms with Gasteiger partial charge in [-0.25, -0.2) is 0 Å². The van der Waals surface area contributed by atoms with E-state index in [1.807, 2.05) is 0 Å². The maximum atomic E-state index is 6.48. The first-order chi connectivity index (χ1) is 28.8. The maximum Gasteiger partial charge on any atom is 0.135 e. The second-order valence-corrected chi connectivity index (χ2v) is 15.3. The van der Waals surface area contributed by atoms with E-state index in [0.717, 1.165) is 33.3 Å². The third kappa shape index (κ3) is 4.40. The van der Waals surface area contributed by atoms with Crippen LogP contribution in [0.15, 0.2) is 205 Å². The van der Waals surface area contributed by atoms with Gasteiger partial charge < -0.3 is 18.1 Å². The van der Waals surface area contributed by atoms with Gasteiger partial charge in [-0.2, -0.15) is 0 Å². The smallest absolute Gasteiger partial charge is 0.135 e. The average molecular weight is 740 g/mol. The van der Waals surface area contributed by atoms with E-state index in [1.165, 1.54) is 82.2 Å². The molecule has 13 aromatic rings. The van der Waals surface area contributed by atoms with Gasteiger partial charge in [-0.3, -0.25) is 0 Å². The minimum absolute atomic E-state index is 0.880. The standard InChI is InChI=1S/C54H33N3O/c1-2-12-36(13-3-1)55-49-20-10-6-16-41(49)43-30-34(22-26-51(43)55)35-23-27-52-44(31-35)42-17-7-11-21-50(42)57(52)38-25-29-54-46(33-38)45-32-37(24-28-53(45)58-54)56-47-18-8-4-14-39(47)40-15-5-9-19-48(40)56/h1-33H. The molecule has 58 heavy (non-hydrogen) atoms. The van der Waals surface area contributed by atoms with Crippen molar-refractivity contribution in [2.45, 2.75) is 0 Å². The normalized spacial score (nSPS) is 12.1. The van der Waals surface area contributed by atoms with Gasteiger partial charge in [0.15, 0.2) is 0 Å². The van der Waals surface area contributed by atoms with E-state index in [9.17, 15) is 0 Å². The Balaban J connectivity index is 0.971. The van der Waals surface area contributed by atoms with Crippen LogP contribution in [0.5, 0.6) is 0 Å². The van der Waals surface area contributed by atoms with Gasteiger partial charge in [0.1, 0.15) is 11.2 Å². The van der Waals surface area contributed by atoms with Crippen LogP contribution in [0.3, 0.4) is 0 Å². The quantitative estimate of drug-likeness (QED) is 0.177. The summed E-state index contributed by atoms with van der Waals surface area (Å²) >= 11 is 0. The Morgan fingerprint density at radius 2 is 0.603 bits per heavy atom. The molecule has 9 aromatic carbocycles. The summed E-state index contributed by atoms with van der Waals surface area (Å²) in [6.45, 7) is 0. The van der Waals surface area contributed by atoms with Gasteiger partial charge in [-0.05, 0) is 108 Å². The molecule has 0 fully saturated rings. The Bertz CT molecular complexity index is 3750. The fraction of sp³-hybridized carbons (Fsp3) is 0. The van der Waals surface area contributed by atoms with E-state index in [0.29, 0.717) is 0 Å². The minimum Gasteiger partial charge on any atom is -0.456 e. The summed E-state index contributed by atoms with van der Waals surface area (Å²) in [5, 5.41) is 9.67. The summed E-state index contributed by atoms with van der Waals surface area (Å²) in [6.07, 6.45) is 0. The van der Waals surface area contributed by atoms with Crippen molar-refractivity contribution in [3.05, 3.63) is 200 Å². The van der Waals surface area contributed by atoms with Crippen molar-refractivity contribution >= 4 is 87.4 Å². The minimum atomic E-state index is 0.880. The molecule has 4 aromatic heterocycles. The second-order valence-electron chi connectivity index (χ2n) is 15.3. The number of benzene rings is 9. The SMILES string of the molecule is c1ccc(-n2c3ccccc3c3cc(-c4ccc5c(c4)c4ccccc4n5-c4ccc5oc6ccc(-n7c8ccccc8c8ccccc87)cc6c5c4)ccc32)cc1. The molecule has 4 heteroatoms. The third-order valence-corrected chi connectivity index (χ3v) is 12.2. The van der Waals surface area contributed by atoms with Crippen LogP contribution in [0.25, 0.3) is 116 Å². The fourth-order valence-electron chi connectivity index (χ4n) is 9.67. The highest BCUT2D eigenvalue weighted by molar-refractivity contribution is 6.14. The lowest BCUT2D eigenvalue weighted by molar-refractivity contribution is 0.669. The van der Waals surface area contributed by atoms with Gasteiger partial charge in [-0.15, -0.1) is 0 Å². The first kappa shape index (κ1) is 31.4. The van der Waals surface area contributed by atoms with Crippen LogP contribution in [-0.2, 0) is 0 Å². The van der Waals surface area contributed by atoms with Gasteiger partial charge in [-0.1, -0.05) is 103 Å². The molecule has 0 amide bonds. The Kier molecular flexibility index (Phi) is 6.41. The lowest BCUT2D eigenvalue weighted by Gasteiger charge is -2.10. The van der Waals surface area contributed by atoms with Crippen LogP contribution in [0.4, 0.5) is 0 Å². The molecule has 0 radical (unpaired) electrons. The number of furan rings is 1. The molecule has 0 bridgehead atoms. The van der Waals surface area contributed by atoms with Crippen molar-refractivity contribution in [1.29, 1.82) is 0 Å². The summed E-state index contributed by atoms with van der Waals surface area (Å²) < 4.78 is 13.6. The number of fused-ring (bicyclic) bond motifs is 12. The summed E-state index contributed by atoms with van der Waals surface area (Å²) in [4.78, 5) is 0. The number of nitrogens with zero attached hydrogens (tertiary/aromatic N) is 3. The molecular formula is C54H33N3O. The first-order valence-corrected chi connectivity index (χ1v) is 19.8. The van der Waals surface area contributed by atoms with Crippen molar-refractivity contribution in [1.82, 2.24) is 13.7 Å². The highest BCUT2D eigenvalue weighted by Crippen LogP contribution is 2.40. The largest absolute Gasteiger partial charge is 0.456 e. The Morgan fingerprint density at radius 1 is 0.241 bits per heavy atom. The van der Waals surface area contributed by atoms with E-state index in [1.54, 1.807) is 0 Å². The third-order valence-electron chi connectivity index (χ3n) is 12.2. The summed E-state index contributed by atoms with van der Waals surface area (Å²) in [5.74, 6) is 0. The van der Waals surface area contributed by atoms with Crippen LogP contribution < -0.4 is 0 Å². The molecule has 0 aliphatic heterocycles. The van der Waals surface area contributed by atoms with Gasteiger partial charge in [0.05, 0.1) is 33.1 Å². The molecule has 0 aliphatic rings. The fourth-order valence-corrected chi connectivity index (χ4v) is 9.67. The lowest BCUT2D eigenvalue weighted by Crippen LogP contribution is -1.94. The molecule has 270 valence electrons. The monoisotopic (exact) mass is 739 g/mol. The van der Waals surface area contributed by atoms with Crippen molar-refractivity contribution in [3.63, 3.8) is 0 Å². The van der Waals surface area contributed by atoms with Crippen LogP contribution in [-0.4, -0.2) is 13.7 Å². The van der Waals surface area contributed by atoms with Crippen molar-refractivity contribution < 1.29 is 4.42 Å². The highest BCUT2D eigenvalue weighted by atomic mass is 16.3. The predicted molar refractivity (Wildman–Crippen MR) is 242 cm³/mol. The van der Waals surface area contributed by atoms with E-state index in [-0.39, 0.29) is 0 Å². The average Bonchev–Trinajstić information content (AvgIpc) is 4.02. The molecule has 0 N–H and O–H groups in total. The number of rotatable bonds is 4. The predicted octanol–water partition coefficient (Wildman–Crippen LogP) is 14.5. The topological polar surface area (TPSA) is 27.9 Å². The van der Waals surface area contributed by atoms with Gasteiger partial charge >= 0.3 is 0 Å². The van der Waals surface area contributed by atoms with Gasteiger partial charge in [0.25, 0.3) is 0 Å². The van der Waals surface area contributed by atoms with E-state index >= 15 is 0 Å². The second kappa shape index (κ2) is 11.8. The van der Waals surface area contributed by atoms with Crippen LogP contribution in [0.1, 0.15) is 0 Å². The zero-order valence-electron chi connectivity index (χ0n) is 31.3. The number of hydrogen-bond acceptors (Lipinski definition) is 1. The molecule has 0 saturated carbocycles. The van der Waals surface area contributed by atoms with E-state index in [2.05, 4.69) is 214 Å². The van der Waals surface area contributed by atoms with Crippen molar-refractivity contribution in [3.8, 4) is 28.2 Å². The first-order valence-electron chi connectivity index (χ1n) is 19.8. The summed E-state index contributed by atoms with van der Waals surface area (Å²) in [7, 11) is 0. The number of aromatic nitrogens is 3. The molecule has 13 rings (SSSR count). The molecular weight excluding hydrogens is 707 g/mol. The Morgan fingerprint density at radius 3 is 1.05 bits per heavy atom. The highest BCUT2D eigenvalue weighted by Gasteiger charge is 2.18. The van der Waals surface area contributed by atoms with Crippen molar-refractivity contribution in [2.24, 2.45) is 0 Å². The van der Waals surface area contributed by atoms with Gasteiger partial charge in [0.2, 0.25) is 0 Å². The maximum absolute atomic E-state index is 6.48. The van der Waals surface area contributed by atoms with Gasteiger partial charge in [0, 0.05) is 60.2 Å². The van der Waals surface area contributed by atoms with Crippen LogP contribution >= 0.6 is 0 Å². The molecule has 0 atom stereocenters. The molecule has 0 saturated heterocycles. The summed E-state index contributed by atoms with van der Waals surface area (Å²) in [6, 6.07) is 72.5. The molecule has 0 aliphatic carbocycles. The zero-order chi connectivity index (χ0) is 37.9. The lowest BCUT2D eigenvalue weighted by atomic mass is 10.0. The number of para-hydroxylation sites is 5.